The molecular formula is C22H25BrClN3O2. The molecule has 3 rings (SSSR count). The summed E-state index contributed by atoms with van der Waals surface area (Å²) in [6.45, 7) is 7.24. The maximum atomic E-state index is 12.3. The molecule has 5 nitrogen and oxygen atoms in total. The number of carbonyl (C=O) groups excluding carboxylic acids is 1. The highest BCUT2D eigenvalue weighted by Gasteiger charge is 2.18. The Morgan fingerprint density at radius 1 is 1.21 bits per heavy atom. The number of likely N-dealkylation sites (N-methyl/N-ethyl adjacent to an activating group) is 1. The first-order valence-corrected chi connectivity index (χ1v) is 10.8. The Kier molecular flexibility index (Phi) is 7.58. The van der Waals surface area contributed by atoms with Crippen molar-refractivity contribution in [2.75, 3.05) is 50.1 Å². The fourth-order valence-electron chi connectivity index (χ4n) is 3.33. The number of halogens is 2. The zero-order valence-corrected chi connectivity index (χ0v) is 19.0. The molecule has 0 spiro atoms. The van der Waals surface area contributed by atoms with Crippen LogP contribution < -0.4 is 15.0 Å². The van der Waals surface area contributed by atoms with E-state index in [0.29, 0.717) is 16.5 Å². The summed E-state index contributed by atoms with van der Waals surface area (Å²) < 4.78 is 6.24. The van der Waals surface area contributed by atoms with E-state index in [1.165, 1.54) is 6.08 Å². The minimum Gasteiger partial charge on any atom is -0.496 e. The van der Waals surface area contributed by atoms with Gasteiger partial charge in [0.1, 0.15) is 5.75 Å². The molecule has 29 heavy (non-hydrogen) atoms. The Hall–Kier alpha value is -2.02. The summed E-state index contributed by atoms with van der Waals surface area (Å²) in [5.41, 5.74) is 2.49. The van der Waals surface area contributed by atoms with Crippen LogP contribution in [0, 0.1) is 0 Å². The number of amides is 1. The fourth-order valence-corrected chi connectivity index (χ4v) is 4.01. The number of ether oxygens (including phenoxy) is 1. The van der Waals surface area contributed by atoms with E-state index in [0.717, 1.165) is 48.4 Å². The number of piperazine rings is 1. The monoisotopic (exact) mass is 477 g/mol. The fraction of sp³-hybridized carbons (Fsp3) is 0.318. The molecular weight excluding hydrogens is 454 g/mol. The van der Waals surface area contributed by atoms with Crippen LogP contribution in [0.15, 0.2) is 46.9 Å². The maximum absolute atomic E-state index is 12.3. The standard InChI is InChI=1S/C22H25BrClN3O2/c1-3-26-10-12-27(13-11-26)20-7-6-18(15-19(20)24)25-22(28)9-4-16-14-17(23)5-8-21(16)29-2/h4-9,14-15H,3,10-13H2,1-2H3,(H,25,28). The molecule has 0 aromatic heterocycles. The molecule has 7 heteroatoms. The van der Waals surface area contributed by atoms with Gasteiger partial charge in [0.25, 0.3) is 0 Å². The van der Waals surface area contributed by atoms with Crippen LogP contribution in [0.1, 0.15) is 12.5 Å². The lowest BCUT2D eigenvalue weighted by atomic mass is 10.2. The van der Waals surface area contributed by atoms with Crippen LogP contribution in [0.4, 0.5) is 11.4 Å². The third-order valence-electron chi connectivity index (χ3n) is 4.98. The van der Waals surface area contributed by atoms with Crippen molar-refractivity contribution in [1.82, 2.24) is 4.90 Å². The zero-order valence-electron chi connectivity index (χ0n) is 16.6. The molecule has 1 heterocycles. The lowest BCUT2D eigenvalue weighted by Gasteiger charge is -2.36. The van der Waals surface area contributed by atoms with E-state index in [9.17, 15) is 4.79 Å². The summed E-state index contributed by atoms with van der Waals surface area (Å²) in [5, 5.41) is 3.51. The predicted molar refractivity (Wildman–Crippen MR) is 124 cm³/mol. The van der Waals surface area contributed by atoms with Gasteiger partial charge in [-0.3, -0.25) is 4.79 Å². The Morgan fingerprint density at radius 3 is 2.62 bits per heavy atom. The van der Waals surface area contributed by atoms with Crippen molar-refractivity contribution in [3.63, 3.8) is 0 Å². The molecule has 1 amide bonds. The van der Waals surface area contributed by atoms with Crippen LogP contribution in [0.5, 0.6) is 5.75 Å². The van der Waals surface area contributed by atoms with Crippen molar-refractivity contribution in [3.05, 3.63) is 57.5 Å². The van der Waals surface area contributed by atoms with Gasteiger partial charge in [-0.25, -0.2) is 0 Å². The molecule has 1 aliphatic heterocycles. The third-order valence-corrected chi connectivity index (χ3v) is 5.78. The molecule has 0 bridgehead atoms. The van der Waals surface area contributed by atoms with Gasteiger partial charge in [0.05, 0.1) is 17.8 Å². The van der Waals surface area contributed by atoms with Crippen molar-refractivity contribution in [2.24, 2.45) is 0 Å². The van der Waals surface area contributed by atoms with E-state index in [1.54, 1.807) is 19.3 Å². The number of hydrogen-bond donors (Lipinski definition) is 1. The van der Waals surface area contributed by atoms with Gasteiger partial charge < -0.3 is 19.9 Å². The van der Waals surface area contributed by atoms with Crippen molar-refractivity contribution in [3.8, 4) is 5.75 Å². The second kappa shape index (κ2) is 10.1. The van der Waals surface area contributed by atoms with E-state index in [4.69, 9.17) is 16.3 Å². The van der Waals surface area contributed by atoms with Crippen LogP contribution in [-0.2, 0) is 4.79 Å². The summed E-state index contributed by atoms with van der Waals surface area (Å²) in [6.07, 6.45) is 3.21. The smallest absolute Gasteiger partial charge is 0.248 e. The molecule has 0 saturated carbocycles. The summed E-state index contributed by atoms with van der Waals surface area (Å²) >= 11 is 9.93. The minimum absolute atomic E-state index is 0.229. The van der Waals surface area contributed by atoms with E-state index in [2.05, 4.69) is 38.0 Å². The highest BCUT2D eigenvalue weighted by molar-refractivity contribution is 9.10. The number of benzene rings is 2. The van der Waals surface area contributed by atoms with Crippen LogP contribution >= 0.6 is 27.5 Å². The van der Waals surface area contributed by atoms with E-state index >= 15 is 0 Å². The van der Waals surface area contributed by atoms with E-state index < -0.39 is 0 Å². The predicted octanol–water partition coefficient (Wildman–Crippen LogP) is 4.90. The van der Waals surface area contributed by atoms with Crippen LogP contribution in [0.25, 0.3) is 6.08 Å². The van der Waals surface area contributed by atoms with Crippen LogP contribution in [0.2, 0.25) is 5.02 Å². The van der Waals surface area contributed by atoms with E-state index in [-0.39, 0.29) is 5.91 Å². The summed E-state index contributed by atoms with van der Waals surface area (Å²) in [4.78, 5) is 17.0. The quantitative estimate of drug-likeness (QED) is 0.600. The van der Waals surface area contributed by atoms with Gasteiger partial charge in [-0.05, 0) is 49.0 Å². The number of hydrogen-bond acceptors (Lipinski definition) is 4. The molecule has 154 valence electrons. The van der Waals surface area contributed by atoms with Gasteiger partial charge >= 0.3 is 0 Å². The van der Waals surface area contributed by atoms with Gasteiger partial charge in [0, 0.05) is 48.0 Å². The first-order chi connectivity index (χ1) is 14.0. The Bertz CT molecular complexity index is 896. The zero-order chi connectivity index (χ0) is 20.8. The van der Waals surface area contributed by atoms with Gasteiger partial charge in [0.2, 0.25) is 5.91 Å². The molecule has 1 N–H and O–H groups in total. The molecule has 1 aliphatic rings. The van der Waals surface area contributed by atoms with E-state index in [1.807, 2.05) is 30.3 Å². The normalized spacial score (nSPS) is 15.0. The second-order valence-corrected chi connectivity index (χ2v) is 8.12. The molecule has 1 fully saturated rings. The maximum Gasteiger partial charge on any atom is 0.248 e. The van der Waals surface area contributed by atoms with Crippen LogP contribution in [-0.4, -0.2) is 50.6 Å². The SMILES string of the molecule is CCN1CCN(c2ccc(NC(=O)C=Cc3cc(Br)ccc3OC)cc2Cl)CC1. The number of methoxy groups -OCH3 is 1. The lowest BCUT2D eigenvalue weighted by Crippen LogP contribution is -2.46. The first kappa shape index (κ1) is 21.7. The second-order valence-electron chi connectivity index (χ2n) is 6.80. The number of carbonyl (C=O) groups is 1. The topological polar surface area (TPSA) is 44.8 Å². The highest BCUT2D eigenvalue weighted by Crippen LogP contribution is 2.30. The minimum atomic E-state index is -0.229. The first-order valence-electron chi connectivity index (χ1n) is 9.59. The number of nitrogens with one attached hydrogen (secondary N) is 1. The van der Waals surface area contributed by atoms with Crippen molar-refractivity contribution in [1.29, 1.82) is 0 Å². The van der Waals surface area contributed by atoms with Crippen LogP contribution in [0.3, 0.4) is 0 Å². The van der Waals surface area contributed by atoms with Gasteiger partial charge in [-0.2, -0.15) is 0 Å². The largest absolute Gasteiger partial charge is 0.496 e. The molecule has 0 aliphatic carbocycles. The number of anilines is 2. The summed E-state index contributed by atoms with van der Waals surface area (Å²) in [6, 6.07) is 11.3. The molecule has 0 unspecified atom stereocenters. The Morgan fingerprint density at radius 2 is 1.97 bits per heavy atom. The molecule has 2 aromatic carbocycles. The highest BCUT2D eigenvalue weighted by atomic mass is 79.9. The van der Waals surface area contributed by atoms with Crippen molar-refractivity contribution in [2.45, 2.75) is 6.92 Å². The Labute approximate surface area is 185 Å². The third kappa shape index (κ3) is 5.75. The number of nitrogens with zero attached hydrogens (tertiary/aromatic N) is 2. The summed E-state index contributed by atoms with van der Waals surface area (Å²) in [7, 11) is 1.60. The molecule has 0 radical (unpaired) electrons. The van der Waals surface area contributed by atoms with Gasteiger partial charge in [0.15, 0.2) is 0 Å². The molecule has 2 aromatic rings. The molecule has 0 atom stereocenters. The van der Waals surface area contributed by atoms with Crippen molar-refractivity contribution < 1.29 is 9.53 Å². The number of rotatable bonds is 6. The average molecular weight is 479 g/mol. The summed E-state index contributed by atoms with van der Waals surface area (Å²) in [5.74, 6) is 0.472. The Balaban J connectivity index is 1.64. The van der Waals surface area contributed by atoms with Gasteiger partial charge in [-0.1, -0.05) is 34.5 Å². The van der Waals surface area contributed by atoms with Crippen molar-refractivity contribution >= 4 is 50.9 Å². The molecule has 1 saturated heterocycles. The van der Waals surface area contributed by atoms with Gasteiger partial charge in [-0.15, -0.1) is 0 Å². The lowest BCUT2D eigenvalue weighted by molar-refractivity contribution is -0.111. The average Bonchev–Trinajstić information content (AvgIpc) is 2.72.